The second kappa shape index (κ2) is 5.62. The van der Waals surface area contributed by atoms with Gasteiger partial charge in [0.15, 0.2) is 0 Å². The molecule has 0 amide bonds. The van der Waals surface area contributed by atoms with Crippen molar-refractivity contribution in [1.82, 2.24) is 3.53 Å². The molecule has 0 spiro atoms. The summed E-state index contributed by atoms with van der Waals surface area (Å²) in [7, 11) is 0. The molecule has 0 aliphatic rings. The van der Waals surface area contributed by atoms with Gasteiger partial charge in [0.25, 0.3) is 0 Å². The number of rotatable bonds is 4. The lowest BCUT2D eigenvalue weighted by Crippen LogP contribution is -2.00. The minimum Gasteiger partial charge on any atom is -0.332 e. The van der Waals surface area contributed by atoms with Crippen LogP contribution < -0.4 is 3.53 Å². The normalized spacial score (nSPS) is 12.8. The third-order valence-electron chi connectivity index (χ3n) is 1.89. The van der Waals surface area contributed by atoms with Gasteiger partial charge >= 0.3 is 0 Å². The van der Waals surface area contributed by atoms with Gasteiger partial charge in [-0.2, -0.15) is 0 Å². The molecule has 0 heterocycles. The van der Waals surface area contributed by atoms with Crippen molar-refractivity contribution in [3.8, 4) is 0 Å². The summed E-state index contributed by atoms with van der Waals surface area (Å²) in [6, 6.07) is 0. The van der Waals surface area contributed by atoms with Gasteiger partial charge in [0.1, 0.15) is 0 Å². The summed E-state index contributed by atoms with van der Waals surface area (Å²) in [4.78, 5) is 0. The maximum Gasteiger partial charge on any atom is 0.0557 e. The molecular formula is C10H18IN. The van der Waals surface area contributed by atoms with Crippen molar-refractivity contribution < 1.29 is 0 Å². The van der Waals surface area contributed by atoms with E-state index in [1.54, 1.807) is 0 Å². The number of allylic oxidation sites excluding steroid dienone is 3. The Kier molecular flexibility index (Phi) is 5.63. The molecule has 0 aliphatic carbocycles. The Morgan fingerprint density at radius 3 is 2.25 bits per heavy atom. The van der Waals surface area contributed by atoms with Crippen molar-refractivity contribution in [1.29, 1.82) is 0 Å². The molecule has 0 aromatic rings. The fourth-order valence-corrected chi connectivity index (χ4v) is 1.39. The number of nitrogens with one attached hydrogen (secondary N) is 1. The first-order chi connectivity index (χ1) is 5.49. The smallest absolute Gasteiger partial charge is 0.0557 e. The maximum absolute atomic E-state index is 4.06. The first-order valence-electron chi connectivity index (χ1n) is 4.21. The Hall–Kier alpha value is 0.0100. The van der Waals surface area contributed by atoms with E-state index in [1.807, 2.05) is 0 Å². The average Bonchev–Trinajstić information content (AvgIpc) is 2.00. The van der Waals surface area contributed by atoms with E-state index in [0.717, 1.165) is 6.42 Å². The lowest BCUT2D eigenvalue weighted by molar-refractivity contribution is 0.646. The van der Waals surface area contributed by atoms with Crippen LogP contribution >= 0.6 is 22.9 Å². The second-order valence-corrected chi connectivity index (χ2v) is 4.09. The van der Waals surface area contributed by atoms with Crippen molar-refractivity contribution >= 4 is 22.9 Å². The number of hydrogen-bond acceptors (Lipinski definition) is 1. The SMILES string of the molecule is C=C(CC(C)C)/C(C)=C(\C)NI. The van der Waals surface area contributed by atoms with Crippen molar-refractivity contribution in [3.63, 3.8) is 0 Å². The van der Waals surface area contributed by atoms with Crippen LogP contribution in [0.2, 0.25) is 0 Å². The van der Waals surface area contributed by atoms with Crippen LogP contribution in [0.5, 0.6) is 0 Å². The molecule has 0 atom stereocenters. The standard InChI is InChI=1S/C10H18IN/c1-7(2)6-8(3)9(4)10(5)12-11/h7,12H,3,6H2,1-2,4-5H3/b10-9+. The molecule has 0 bridgehead atoms. The van der Waals surface area contributed by atoms with Gasteiger partial charge in [-0.3, -0.25) is 0 Å². The monoisotopic (exact) mass is 279 g/mol. The molecule has 0 saturated heterocycles. The highest BCUT2D eigenvalue weighted by Crippen LogP contribution is 2.19. The predicted octanol–water partition coefficient (Wildman–Crippen LogP) is 3.82. The van der Waals surface area contributed by atoms with Crippen LogP contribution in [0.1, 0.15) is 34.1 Å². The van der Waals surface area contributed by atoms with E-state index in [0.29, 0.717) is 5.92 Å². The van der Waals surface area contributed by atoms with Crippen LogP contribution in [-0.2, 0) is 0 Å². The first kappa shape index (κ1) is 12.0. The minimum atomic E-state index is 0.689. The van der Waals surface area contributed by atoms with Gasteiger partial charge in [0, 0.05) is 5.70 Å². The summed E-state index contributed by atoms with van der Waals surface area (Å²) >= 11 is 2.15. The van der Waals surface area contributed by atoms with Gasteiger partial charge < -0.3 is 3.53 Å². The summed E-state index contributed by atoms with van der Waals surface area (Å²) in [6.45, 7) is 12.7. The average molecular weight is 279 g/mol. The summed E-state index contributed by atoms with van der Waals surface area (Å²) in [6.07, 6.45) is 1.08. The molecule has 70 valence electrons. The van der Waals surface area contributed by atoms with Crippen molar-refractivity contribution in [2.45, 2.75) is 34.1 Å². The van der Waals surface area contributed by atoms with Crippen LogP contribution in [0.4, 0.5) is 0 Å². The lowest BCUT2D eigenvalue weighted by Gasteiger charge is -2.11. The minimum absolute atomic E-state index is 0.689. The third-order valence-corrected chi connectivity index (χ3v) is 2.70. The number of halogens is 1. The van der Waals surface area contributed by atoms with Crippen molar-refractivity contribution in [2.24, 2.45) is 5.92 Å². The molecule has 0 unspecified atom stereocenters. The quantitative estimate of drug-likeness (QED) is 0.468. The Balaban J connectivity index is 4.29. The van der Waals surface area contributed by atoms with Crippen molar-refractivity contribution in [3.05, 3.63) is 23.4 Å². The lowest BCUT2D eigenvalue weighted by atomic mass is 9.98. The van der Waals surface area contributed by atoms with Gasteiger partial charge in [0.05, 0.1) is 22.9 Å². The molecule has 0 saturated carbocycles. The molecule has 0 rings (SSSR count). The fraction of sp³-hybridized carbons (Fsp3) is 0.600. The Morgan fingerprint density at radius 2 is 1.92 bits per heavy atom. The summed E-state index contributed by atoms with van der Waals surface area (Å²) in [5.41, 5.74) is 3.74. The van der Waals surface area contributed by atoms with Gasteiger partial charge in [-0.15, -0.1) is 0 Å². The highest BCUT2D eigenvalue weighted by atomic mass is 127. The zero-order valence-electron chi connectivity index (χ0n) is 8.37. The van der Waals surface area contributed by atoms with Gasteiger partial charge in [0.2, 0.25) is 0 Å². The molecule has 2 heteroatoms. The Morgan fingerprint density at radius 1 is 1.42 bits per heavy atom. The van der Waals surface area contributed by atoms with Crippen LogP contribution in [0.25, 0.3) is 0 Å². The van der Waals surface area contributed by atoms with Gasteiger partial charge in [-0.25, -0.2) is 0 Å². The zero-order valence-corrected chi connectivity index (χ0v) is 10.5. The van der Waals surface area contributed by atoms with E-state index in [4.69, 9.17) is 0 Å². The topological polar surface area (TPSA) is 12.0 Å². The highest BCUT2D eigenvalue weighted by molar-refractivity contribution is 14.1. The largest absolute Gasteiger partial charge is 0.332 e. The summed E-state index contributed by atoms with van der Waals surface area (Å²) in [5, 5.41) is 0. The molecule has 0 aromatic heterocycles. The summed E-state index contributed by atoms with van der Waals surface area (Å²) in [5.74, 6) is 0.689. The molecular weight excluding hydrogens is 261 g/mol. The molecule has 12 heavy (non-hydrogen) atoms. The predicted molar refractivity (Wildman–Crippen MR) is 64.1 cm³/mol. The van der Waals surface area contributed by atoms with E-state index in [2.05, 4.69) is 60.7 Å². The first-order valence-corrected chi connectivity index (χ1v) is 5.29. The molecule has 1 nitrogen and oxygen atoms in total. The van der Waals surface area contributed by atoms with E-state index < -0.39 is 0 Å². The second-order valence-electron chi connectivity index (χ2n) is 3.55. The van der Waals surface area contributed by atoms with Crippen LogP contribution in [-0.4, -0.2) is 0 Å². The molecule has 0 fully saturated rings. The highest BCUT2D eigenvalue weighted by Gasteiger charge is 2.03. The zero-order chi connectivity index (χ0) is 9.72. The van der Waals surface area contributed by atoms with Gasteiger partial charge in [-0.05, 0) is 31.8 Å². The summed E-state index contributed by atoms with van der Waals surface area (Å²) < 4.78 is 3.11. The third kappa shape index (κ3) is 4.14. The van der Waals surface area contributed by atoms with E-state index >= 15 is 0 Å². The fourth-order valence-electron chi connectivity index (χ4n) is 0.982. The maximum atomic E-state index is 4.06. The number of hydrogen-bond donors (Lipinski definition) is 1. The van der Waals surface area contributed by atoms with Crippen LogP contribution in [0.15, 0.2) is 23.4 Å². The van der Waals surface area contributed by atoms with E-state index in [1.165, 1.54) is 16.8 Å². The molecule has 0 radical (unpaired) electrons. The van der Waals surface area contributed by atoms with Crippen LogP contribution in [0.3, 0.4) is 0 Å². The molecule has 1 N–H and O–H groups in total. The van der Waals surface area contributed by atoms with Crippen LogP contribution in [0, 0.1) is 5.92 Å². The van der Waals surface area contributed by atoms with Gasteiger partial charge in [-0.1, -0.05) is 26.0 Å². The van der Waals surface area contributed by atoms with E-state index in [-0.39, 0.29) is 0 Å². The molecule has 0 aromatic carbocycles. The Labute approximate surface area is 89.8 Å². The van der Waals surface area contributed by atoms with E-state index in [9.17, 15) is 0 Å². The van der Waals surface area contributed by atoms with Crippen molar-refractivity contribution in [2.75, 3.05) is 0 Å². The Bertz CT molecular complexity index is 192. The molecule has 0 aliphatic heterocycles.